The fourth-order valence-corrected chi connectivity index (χ4v) is 4.47. The third-order valence-electron chi connectivity index (χ3n) is 5.88. The van der Waals surface area contributed by atoms with Crippen molar-refractivity contribution in [3.05, 3.63) is 48.2 Å². The number of amides is 2. The third kappa shape index (κ3) is 2.96. The molecule has 0 spiro atoms. The van der Waals surface area contributed by atoms with Crippen LogP contribution in [-0.4, -0.2) is 48.5 Å². The van der Waals surface area contributed by atoms with E-state index in [4.69, 9.17) is 0 Å². The van der Waals surface area contributed by atoms with Gasteiger partial charge in [0.15, 0.2) is 0 Å². The Bertz CT molecular complexity index is 916. The molecule has 144 valence electrons. The van der Waals surface area contributed by atoms with Crippen molar-refractivity contribution in [2.75, 3.05) is 34.8 Å². The Kier molecular flexibility index (Phi) is 4.15. The van der Waals surface area contributed by atoms with E-state index in [9.17, 15) is 9.59 Å². The van der Waals surface area contributed by atoms with Gasteiger partial charge in [0.1, 0.15) is 11.9 Å². The summed E-state index contributed by atoms with van der Waals surface area (Å²) >= 11 is 0. The minimum atomic E-state index is -0.103. The van der Waals surface area contributed by atoms with Crippen LogP contribution in [-0.2, 0) is 4.79 Å². The van der Waals surface area contributed by atoms with E-state index in [1.54, 1.807) is 12.3 Å². The minimum absolute atomic E-state index is 0.0318. The summed E-state index contributed by atoms with van der Waals surface area (Å²) in [7, 11) is 0. The van der Waals surface area contributed by atoms with E-state index >= 15 is 0 Å². The van der Waals surface area contributed by atoms with E-state index in [1.165, 1.54) is 0 Å². The van der Waals surface area contributed by atoms with Crippen LogP contribution >= 0.6 is 0 Å². The van der Waals surface area contributed by atoms with Crippen LogP contribution in [0.3, 0.4) is 0 Å². The molecular weight excluding hydrogens is 354 g/mol. The highest BCUT2D eigenvalue weighted by Crippen LogP contribution is 2.37. The van der Waals surface area contributed by atoms with Gasteiger partial charge in [0.2, 0.25) is 5.91 Å². The average molecular weight is 377 g/mol. The number of nitrogens with one attached hydrogen (secondary N) is 2. The second-order valence-electron chi connectivity index (χ2n) is 7.67. The minimum Gasteiger partial charge on any atom is -0.358 e. The van der Waals surface area contributed by atoms with Crippen molar-refractivity contribution in [2.45, 2.75) is 31.3 Å². The number of hydrogen-bond acceptors (Lipinski definition) is 5. The number of anilines is 3. The van der Waals surface area contributed by atoms with Gasteiger partial charge < -0.3 is 20.4 Å². The van der Waals surface area contributed by atoms with Crippen LogP contribution in [0.4, 0.5) is 17.2 Å². The summed E-state index contributed by atoms with van der Waals surface area (Å²) in [5.41, 5.74) is 2.33. The van der Waals surface area contributed by atoms with E-state index in [-0.39, 0.29) is 23.9 Å². The normalized spacial score (nSPS) is 23.2. The maximum Gasteiger partial charge on any atom is 0.251 e. The molecule has 28 heavy (non-hydrogen) atoms. The highest BCUT2D eigenvalue weighted by atomic mass is 16.2. The van der Waals surface area contributed by atoms with Crippen molar-refractivity contribution in [1.82, 2.24) is 10.3 Å². The lowest BCUT2D eigenvalue weighted by Crippen LogP contribution is -2.44. The van der Waals surface area contributed by atoms with Crippen LogP contribution < -0.4 is 20.4 Å². The summed E-state index contributed by atoms with van der Waals surface area (Å²) in [6.45, 7) is 2.51. The van der Waals surface area contributed by atoms with Gasteiger partial charge in [-0.3, -0.25) is 9.59 Å². The quantitative estimate of drug-likeness (QED) is 0.856. The summed E-state index contributed by atoms with van der Waals surface area (Å²) < 4.78 is 0. The number of nitrogens with zero attached hydrogens (tertiary/aromatic N) is 3. The van der Waals surface area contributed by atoms with Crippen molar-refractivity contribution in [3.63, 3.8) is 0 Å². The zero-order valence-electron chi connectivity index (χ0n) is 15.6. The number of fused-ring (bicyclic) bond motifs is 3. The van der Waals surface area contributed by atoms with Crippen LogP contribution in [0.1, 0.15) is 29.6 Å². The zero-order valence-corrected chi connectivity index (χ0v) is 15.6. The highest BCUT2D eigenvalue weighted by molar-refractivity contribution is 6.06. The van der Waals surface area contributed by atoms with Crippen LogP contribution in [0.2, 0.25) is 0 Å². The summed E-state index contributed by atoms with van der Waals surface area (Å²) in [6.07, 6.45) is 4.59. The molecule has 2 aromatic rings. The van der Waals surface area contributed by atoms with Crippen LogP contribution in [0.15, 0.2) is 42.6 Å². The van der Waals surface area contributed by atoms with Gasteiger partial charge in [-0.15, -0.1) is 0 Å². The average Bonchev–Trinajstić information content (AvgIpc) is 3.38. The van der Waals surface area contributed by atoms with Gasteiger partial charge in [-0.2, -0.15) is 0 Å². The molecule has 2 saturated heterocycles. The van der Waals surface area contributed by atoms with Gasteiger partial charge in [-0.05, 0) is 49.6 Å². The number of carbonyl (C=O) groups excluding carboxylic acids is 2. The molecule has 2 atom stereocenters. The summed E-state index contributed by atoms with van der Waals surface area (Å²) in [5, 5.41) is 6.10. The second-order valence-corrected chi connectivity index (χ2v) is 7.67. The number of hydrogen-bond donors (Lipinski definition) is 2. The van der Waals surface area contributed by atoms with Gasteiger partial charge in [0.05, 0.1) is 11.4 Å². The van der Waals surface area contributed by atoms with E-state index in [0.29, 0.717) is 5.56 Å². The lowest BCUT2D eigenvalue weighted by molar-refractivity contribution is -0.117. The predicted octanol–water partition coefficient (Wildman–Crippen LogP) is 2.01. The molecule has 0 radical (unpaired) electrons. The van der Waals surface area contributed by atoms with E-state index in [1.807, 2.05) is 30.3 Å². The van der Waals surface area contributed by atoms with Gasteiger partial charge in [0.25, 0.3) is 5.91 Å². The fraction of sp³-hybridized carbons (Fsp3) is 0.381. The van der Waals surface area contributed by atoms with Crippen LogP contribution in [0, 0.1) is 0 Å². The third-order valence-corrected chi connectivity index (χ3v) is 5.88. The fourth-order valence-electron chi connectivity index (χ4n) is 4.47. The predicted molar refractivity (Wildman–Crippen MR) is 108 cm³/mol. The first-order valence-electron chi connectivity index (χ1n) is 9.87. The van der Waals surface area contributed by atoms with Crippen molar-refractivity contribution in [3.8, 4) is 0 Å². The number of carbonyl (C=O) groups is 2. The smallest absolute Gasteiger partial charge is 0.251 e. The van der Waals surface area contributed by atoms with Crippen molar-refractivity contribution < 1.29 is 9.59 Å². The molecule has 0 aliphatic carbocycles. The first-order valence-corrected chi connectivity index (χ1v) is 9.87. The largest absolute Gasteiger partial charge is 0.358 e. The van der Waals surface area contributed by atoms with Crippen LogP contribution in [0.25, 0.3) is 0 Å². The van der Waals surface area contributed by atoms with E-state index < -0.39 is 0 Å². The molecule has 3 aliphatic heterocycles. The Balaban J connectivity index is 1.28. The molecule has 5 rings (SSSR count). The topological polar surface area (TPSA) is 77.6 Å². The standard InChI is InChI=1S/C21H23N5O2/c27-20(23-15-8-11-25(13-15)19-5-1-2-9-22-19)14-6-7-17-16(12-14)24-21(28)18-4-3-10-26(17)18/h1-2,5-7,9,12,15,18H,3-4,8,10-11,13H2,(H,23,27)(H,24,28). The molecule has 7 heteroatoms. The SMILES string of the molecule is O=C(NC1CCN(c2ccccn2)C1)c1ccc2c(c1)NC(=O)C1CCCN21. The highest BCUT2D eigenvalue weighted by Gasteiger charge is 2.36. The van der Waals surface area contributed by atoms with Crippen molar-refractivity contribution in [2.24, 2.45) is 0 Å². The van der Waals surface area contributed by atoms with E-state index in [0.717, 1.165) is 56.1 Å². The Labute approximate surface area is 163 Å². The molecule has 7 nitrogen and oxygen atoms in total. The number of aromatic nitrogens is 1. The monoisotopic (exact) mass is 377 g/mol. The second kappa shape index (κ2) is 6.82. The van der Waals surface area contributed by atoms with Crippen molar-refractivity contribution >= 4 is 29.0 Å². The number of benzene rings is 1. The summed E-state index contributed by atoms with van der Waals surface area (Å²) in [4.78, 5) is 33.8. The van der Waals surface area contributed by atoms with Crippen molar-refractivity contribution in [1.29, 1.82) is 0 Å². The van der Waals surface area contributed by atoms with Gasteiger partial charge in [0, 0.05) is 37.4 Å². The molecule has 0 bridgehead atoms. The molecule has 2 fully saturated rings. The number of rotatable bonds is 3. The molecule has 1 aromatic carbocycles. The molecule has 2 unspecified atom stereocenters. The van der Waals surface area contributed by atoms with E-state index in [2.05, 4.69) is 25.4 Å². The molecule has 1 aromatic heterocycles. The maximum absolute atomic E-state index is 12.8. The van der Waals surface area contributed by atoms with Gasteiger partial charge in [-0.1, -0.05) is 6.07 Å². The molecule has 0 saturated carbocycles. The van der Waals surface area contributed by atoms with Gasteiger partial charge in [-0.25, -0.2) is 4.98 Å². The molecular formula is C21H23N5O2. The lowest BCUT2D eigenvalue weighted by atomic mass is 10.1. The summed E-state index contributed by atoms with van der Waals surface area (Å²) in [6, 6.07) is 11.5. The first kappa shape index (κ1) is 17.0. The Morgan fingerprint density at radius 2 is 2.11 bits per heavy atom. The molecule has 2 amide bonds. The van der Waals surface area contributed by atoms with Gasteiger partial charge >= 0.3 is 0 Å². The Morgan fingerprint density at radius 1 is 1.18 bits per heavy atom. The van der Waals surface area contributed by atoms with Crippen LogP contribution in [0.5, 0.6) is 0 Å². The molecule has 3 aliphatic rings. The molecule has 2 N–H and O–H groups in total. The first-order chi connectivity index (χ1) is 13.7. The number of pyridine rings is 1. The maximum atomic E-state index is 12.8. The summed E-state index contributed by atoms with van der Waals surface area (Å²) in [5.74, 6) is 0.869. The zero-order chi connectivity index (χ0) is 19.1. The Hall–Kier alpha value is -3.09. The molecule has 4 heterocycles. The lowest BCUT2D eigenvalue weighted by Gasteiger charge is -2.33. The Morgan fingerprint density at radius 3 is 2.96 bits per heavy atom.